The molecule has 56 valence electrons. The Morgan fingerprint density at radius 2 is 2.20 bits per heavy atom. The van der Waals surface area contributed by atoms with Crippen LogP contribution >= 0.6 is 12.6 Å². The summed E-state index contributed by atoms with van der Waals surface area (Å²) < 4.78 is 0. The summed E-state index contributed by atoms with van der Waals surface area (Å²) in [6.07, 6.45) is 1.43. The average Bonchev–Trinajstić information content (AvgIpc) is 1.87. The molecular weight excluding hydrogens is 148 g/mol. The third-order valence-electron chi connectivity index (χ3n) is 1.16. The second-order valence-electron chi connectivity index (χ2n) is 2.11. The highest BCUT2D eigenvalue weighted by molar-refractivity contribution is 7.96. The largest absolute Gasteiger partial charge is 0.295 e. The predicted molar refractivity (Wildman–Crippen MR) is 43.0 cm³/mol. The van der Waals surface area contributed by atoms with E-state index >= 15 is 0 Å². The van der Waals surface area contributed by atoms with Gasteiger partial charge in [0.15, 0.2) is 10.9 Å². The Bertz CT molecular complexity index is 163. The maximum Gasteiger partial charge on any atom is 0.189 e. The van der Waals surface area contributed by atoms with Crippen LogP contribution in [0.5, 0.6) is 0 Å². The van der Waals surface area contributed by atoms with E-state index in [9.17, 15) is 9.59 Å². The lowest BCUT2D eigenvalue weighted by Gasteiger charge is -2.00. The third-order valence-corrected chi connectivity index (χ3v) is 1.60. The number of thiol groups is 1. The minimum Gasteiger partial charge on any atom is -0.295 e. The molecule has 1 atom stereocenters. The van der Waals surface area contributed by atoms with Crippen molar-refractivity contribution < 1.29 is 9.59 Å². The van der Waals surface area contributed by atoms with Crippen LogP contribution < -0.4 is 0 Å². The van der Waals surface area contributed by atoms with E-state index in [1.165, 1.54) is 6.08 Å². The van der Waals surface area contributed by atoms with Crippen molar-refractivity contribution in [3.05, 3.63) is 12.7 Å². The Morgan fingerprint density at radius 3 is 2.50 bits per heavy atom. The minimum absolute atomic E-state index is 0.116. The molecule has 0 radical (unpaired) electrons. The highest BCUT2D eigenvalue weighted by atomic mass is 32.1. The van der Waals surface area contributed by atoms with Crippen LogP contribution in [0.4, 0.5) is 0 Å². The standard InChI is InChI=1S/C7H10O2S/c1-3-6(8)4-5(2)7(9)10/h3,5H,1,4H2,2H3,(H,9,10). The summed E-state index contributed by atoms with van der Waals surface area (Å²) in [5.41, 5.74) is 0. The summed E-state index contributed by atoms with van der Waals surface area (Å²) in [7, 11) is 0. The Labute approximate surface area is 65.7 Å². The first-order valence-corrected chi connectivity index (χ1v) is 3.40. The van der Waals surface area contributed by atoms with E-state index in [0.29, 0.717) is 0 Å². The van der Waals surface area contributed by atoms with Gasteiger partial charge in [0.1, 0.15) is 0 Å². The summed E-state index contributed by atoms with van der Waals surface area (Å²) >= 11 is 3.58. The van der Waals surface area contributed by atoms with Crippen LogP contribution in [-0.4, -0.2) is 10.9 Å². The van der Waals surface area contributed by atoms with E-state index in [2.05, 4.69) is 19.2 Å². The predicted octanol–water partition coefficient (Wildman–Crippen LogP) is 1.22. The quantitative estimate of drug-likeness (QED) is 0.493. The van der Waals surface area contributed by atoms with Crippen molar-refractivity contribution in [3.63, 3.8) is 0 Å². The first-order chi connectivity index (χ1) is 4.57. The van der Waals surface area contributed by atoms with E-state index in [-0.39, 0.29) is 23.2 Å². The van der Waals surface area contributed by atoms with Gasteiger partial charge in [-0.05, 0) is 6.08 Å². The third kappa shape index (κ3) is 3.45. The molecule has 0 aromatic heterocycles. The molecule has 0 spiro atoms. The molecule has 3 heteroatoms. The number of ketones is 1. The van der Waals surface area contributed by atoms with Gasteiger partial charge in [0, 0.05) is 12.3 Å². The number of carbonyl (C=O) groups is 2. The number of carbonyl (C=O) groups excluding carboxylic acids is 2. The zero-order chi connectivity index (χ0) is 8.15. The van der Waals surface area contributed by atoms with Crippen LogP contribution in [0.3, 0.4) is 0 Å². The summed E-state index contributed by atoms with van der Waals surface area (Å²) in [6, 6.07) is 0. The fourth-order valence-electron chi connectivity index (χ4n) is 0.472. The Kier molecular flexibility index (Phi) is 4.03. The lowest BCUT2D eigenvalue weighted by atomic mass is 10.1. The Hall–Kier alpha value is -0.570. The second kappa shape index (κ2) is 4.28. The molecule has 0 saturated carbocycles. The fraction of sp³-hybridized carbons (Fsp3) is 0.429. The molecule has 0 bridgehead atoms. The van der Waals surface area contributed by atoms with Crippen molar-refractivity contribution in [1.29, 1.82) is 0 Å². The number of hydrogen-bond acceptors (Lipinski definition) is 2. The maximum atomic E-state index is 10.6. The van der Waals surface area contributed by atoms with Gasteiger partial charge in [0.25, 0.3) is 0 Å². The molecule has 0 fully saturated rings. The van der Waals surface area contributed by atoms with Crippen LogP contribution in [-0.2, 0) is 9.59 Å². The smallest absolute Gasteiger partial charge is 0.189 e. The van der Waals surface area contributed by atoms with Gasteiger partial charge in [-0.3, -0.25) is 9.59 Å². The lowest BCUT2D eigenvalue weighted by molar-refractivity contribution is -0.120. The second-order valence-corrected chi connectivity index (χ2v) is 2.55. The summed E-state index contributed by atoms with van der Waals surface area (Å²) in [5.74, 6) is -0.413. The van der Waals surface area contributed by atoms with Crippen molar-refractivity contribution in [1.82, 2.24) is 0 Å². The van der Waals surface area contributed by atoms with Gasteiger partial charge in [0.05, 0.1) is 0 Å². The van der Waals surface area contributed by atoms with E-state index in [1.54, 1.807) is 6.92 Å². The van der Waals surface area contributed by atoms with E-state index < -0.39 is 0 Å². The zero-order valence-corrected chi connectivity index (χ0v) is 6.73. The number of hydrogen-bond donors (Lipinski definition) is 1. The summed E-state index contributed by atoms with van der Waals surface area (Å²) in [4.78, 5) is 21.1. The highest BCUT2D eigenvalue weighted by Crippen LogP contribution is 2.06. The van der Waals surface area contributed by atoms with Crippen molar-refractivity contribution in [2.75, 3.05) is 0 Å². The van der Waals surface area contributed by atoms with Gasteiger partial charge in [0.2, 0.25) is 0 Å². The van der Waals surface area contributed by atoms with Crippen molar-refractivity contribution in [2.24, 2.45) is 5.92 Å². The maximum absolute atomic E-state index is 10.6. The molecule has 0 aliphatic heterocycles. The number of allylic oxidation sites excluding steroid dienone is 1. The molecule has 10 heavy (non-hydrogen) atoms. The first kappa shape index (κ1) is 9.43. The van der Waals surface area contributed by atoms with Crippen LogP contribution in [0, 0.1) is 5.92 Å². The Morgan fingerprint density at radius 1 is 1.70 bits per heavy atom. The molecule has 0 saturated heterocycles. The van der Waals surface area contributed by atoms with Gasteiger partial charge in [-0.2, -0.15) is 0 Å². The van der Waals surface area contributed by atoms with Crippen molar-refractivity contribution in [3.8, 4) is 0 Å². The lowest BCUT2D eigenvalue weighted by Crippen LogP contribution is -2.08. The van der Waals surface area contributed by atoms with E-state index in [0.717, 1.165) is 0 Å². The van der Waals surface area contributed by atoms with Gasteiger partial charge in [-0.25, -0.2) is 0 Å². The molecule has 0 rings (SSSR count). The van der Waals surface area contributed by atoms with Gasteiger partial charge < -0.3 is 0 Å². The number of rotatable bonds is 4. The summed E-state index contributed by atoms with van der Waals surface area (Å²) in [6.45, 7) is 4.95. The molecule has 0 N–H and O–H groups in total. The molecule has 1 unspecified atom stereocenters. The van der Waals surface area contributed by atoms with Crippen molar-refractivity contribution in [2.45, 2.75) is 13.3 Å². The minimum atomic E-state index is -0.297. The molecule has 0 aliphatic carbocycles. The SMILES string of the molecule is C=CC(=O)CC(C)C(=O)S. The topological polar surface area (TPSA) is 34.1 Å². The van der Waals surface area contributed by atoms with E-state index in [4.69, 9.17) is 0 Å². The van der Waals surface area contributed by atoms with E-state index in [1.807, 2.05) is 0 Å². The van der Waals surface area contributed by atoms with Crippen LogP contribution in [0.25, 0.3) is 0 Å². The highest BCUT2D eigenvalue weighted by Gasteiger charge is 2.10. The normalized spacial score (nSPS) is 12.2. The zero-order valence-electron chi connectivity index (χ0n) is 5.83. The van der Waals surface area contributed by atoms with Crippen LogP contribution in [0.1, 0.15) is 13.3 Å². The van der Waals surface area contributed by atoms with Gasteiger partial charge in [-0.15, -0.1) is 12.6 Å². The monoisotopic (exact) mass is 158 g/mol. The Balaban J connectivity index is 3.79. The molecule has 2 nitrogen and oxygen atoms in total. The van der Waals surface area contributed by atoms with Crippen LogP contribution in [0.2, 0.25) is 0 Å². The molecule has 0 aliphatic rings. The van der Waals surface area contributed by atoms with Gasteiger partial charge >= 0.3 is 0 Å². The average molecular weight is 158 g/mol. The molecule has 0 amide bonds. The molecule has 0 heterocycles. The van der Waals surface area contributed by atoms with Crippen molar-refractivity contribution >= 4 is 23.5 Å². The molecule has 0 aromatic rings. The molecule has 0 aromatic carbocycles. The van der Waals surface area contributed by atoms with Crippen LogP contribution in [0.15, 0.2) is 12.7 Å². The fourth-order valence-corrected chi connectivity index (χ4v) is 0.564. The summed E-state index contributed by atoms with van der Waals surface area (Å²) in [5, 5.41) is -0.254. The molecular formula is C7H10O2S. The van der Waals surface area contributed by atoms with Gasteiger partial charge in [-0.1, -0.05) is 13.5 Å². The first-order valence-electron chi connectivity index (χ1n) is 2.96.